The zero-order valence-electron chi connectivity index (χ0n) is 16.7. The highest BCUT2D eigenvalue weighted by molar-refractivity contribution is 5.94. The predicted molar refractivity (Wildman–Crippen MR) is 94.3 cm³/mol. The molecule has 11 heteroatoms. The largest absolute Gasteiger partial charge is 0.573 e. The van der Waals surface area contributed by atoms with Crippen molar-refractivity contribution in [1.82, 2.24) is 0 Å². The molecule has 0 aliphatic carbocycles. The second kappa shape index (κ2) is 7.06. The fraction of sp³-hybridized carbons (Fsp3) is 0.632. The molecule has 0 bridgehead atoms. The molecule has 4 rings (SSSR count). The molecule has 0 unspecified atom stereocenters. The van der Waals surface area contributed by atoms with E-state index in [1.54, 1.807) is 27.7 Å². The van der Waals surface area contributed by atoms with Crippen LogP contribution >= 0.6 is 0 Å². The number of anilines is 1. The summed E-state index contributed by atoms with van der Waals surface area (Å²) in [6.07, 6.45) is -8.64. The molecule has 0 radical (unpaired) electrons. The predicted octanol–water partition coefficient (Wildman–Crippen LogP) is 2.92. The molecule has 3 aliphatic heterocycles. The minimum absolute atomic E-state index is 0.263. The lowest BCUT2D eigenvalue weighted by molar-refractivity contribution is -0.274. The van der Waals surface area contributed by atoms with Gasteiger partial charge in [0.1, 0.15) is 24.1 Å². The van der Waals surface area contributed by atoms with Crippen molar-refractivity contribution in [2.75, 3.05) is 5.32 Å². The normalized spacial score (nSPS) is 34.2. The number of hydrogen-bond acceptors (Lipinski definition) is 7. The fourth-order valence-corrected chi connectivity index (χ4v) is 3.78. The number of nitrogens with one attached hydrogen (secondary N) is 1. The van der Waals surface area contributed by atoms with Gasteiger partial charge < -0.3 is 33.7 Å². The third-order valence-electron chi connectivity index (χ3n) is 4.77. The molecule has 3 saturated heterocycles. The molecule has 1 aromatic carbocycles. The summed E-state index contributed by atoms with van der Waals surface area (Å²) in [5, 5.41) is 2.61. The van der Waals surface area contributed by atoms with Gasteiger partial charge in [0.25, 0.3) is 5.91 Å². The molecule has 166 valence electrons. The Kier molecular flexibility index (Phi) is 5.02. The van der Waals surface area contributed by atoms with Crippen molar-refractivity contribution in [2.45, 2.75) is 76.3 Å². The van der Waals surface area contributed by atoms with E-state index in [1.165, 1.54) is 12.1 Å². The van der Waals surface area contributed by atoms with Crippen molar-refractivity contribution in [2.24, 2.45) is 0 Å². The van der Waals surface area contributed by atoms with Crippen LogP contribution in [0.3, 0.4) is 0 Å². The van der Waals surface area contributed by atoms with E-state index in [-0.39, 0.29) is 5.69 Å². The number of rotatable bonds is 3. The monoisotopic (exact) mass is 433 g/mol. The van der Waals surface area contributed by atoms with Crippen LogP contribution < -0.4 is 10.1 Å². The van der Waals surface area contributed by atoms with Gasteiger partial charge in [-0.25, -0.2) is 0 Å². The minimum atomic E-state index is -4.80. The lowest BCUT2D eigenvalue weighted by Crippen LogP contribution is -2.58. The number of benzene rings is 1. The van der Waals surface area contributed by atoms with Crippen LogP contribution in [0.5, 0.6) is 5.75 Å². The number of carbonyl (C=O) groups is 1. The van der Waals surface area contributed by atoms with Crippen LogP contribution in [-0.2, 0) is 28.5 Å². The van der Waals surface area contributed by atoms with Crippen LogP contribution in [0.15, 0.2) is 24.3 Å². The van der Waals surface area contributed by atoms with Crippen molar-refractivity contribution in [3.05, 3.63) is 24.3 Å². The number of carbonyl (C=O) groups excluding carboxylic acids is 1. The summed E-state index contributed by atoms with van der Waals surface area (Å²) in [4.78, 5) is 12.9. The van der Waals surface area contributed by atoms with Gasteiger partial charge in [0.2, 0.25) is 0 Å². The standard InChI is InChI=1S/C19H22F3NO7/c1-17(2)27-11-12(28-17)14-16(30-18(3,4)29-14)25-13(11)15(24)23-9-5-7-10(8-6-9)26-19(20,21)22/h5-8,11-14,16H,1-4H3,(H,23,24)/t11-,12+,13+,14+,16-/m0/s1. The molecule has 30 heavy (non-hydrogen) atoms. The topological polar surface area (TPSA) is 84.5 Å². The zero-order chi connectivity index (χ0) is 21.9. The highest BCUT2D eigenvalue weighted by Crippen LogP contribution is 2.44. The number of alkyl halides is 3. The molecule has 3 heterocycles. The maximum Gasteiger partial charge on any atom is 0.573 e. The first-order valence-electron chi connectivity index (χ1n) is 9.35. The van der Waals surface area contributed by atoms with Crippen molar-refractivity contribution in [3.63, 3.8) is 0 Å². The Morgan fingerprint density at radius 2 is 1.50 bits per heavy atom. The molecule has 1 amide bonds. The first-order chi connectivity index (χ1) is 13.8. The van der Waals surface area contributed by atoms with E-state index in [4.69, 9.17) is 23.7 Å². The summed E-state index contributed by atoms with van der Waals surface area (Å²) in [5.41, 5.74) is 0.263. The van der Waals surface area contributed by atoms with Crippen LogP contribution in [0.4, 0.5) is 18.9 Å². The smallest absolute Gasteiger partial charge is 0.406 e. The van der Waals surface area contributed by atoms with Crippen LogP contribution in [0.1, 0.15) is 27.7 Å². The van der Waals surface area contributed by atoms with E-state index < -0.39 is 60.3 Å². The fourth-order valence-electron chi connectivity index (χ4n) is 3.78. The zero-order valence-corrected chi connectivity index (χ0v) is 16.7. The van der Waals surface area contributed by atoms with Gasteiger partial charge in [-0.2, -0.15) is 0 Å². The van der Waals surface area contributed by atoms with Gasteiger partial charge in [0.05, 0.1) is 0 Å². The third-order valence-corrected chi connectivity index (χ3v) is 4.77. The van der Waals surface area contributed by atoms with Gasteiger partial charge in [0.15, 0.2) is 24.0 Å². The molecular formula is C19H22F3NO7. The number of hydrogen-bond donors (Lipinski definition) is 1. The Bertz CT molecular complexity index is 811. The quantitative estimate of drug-likeness (QED) is 0.785. The van der Waals surface area contributed by atoms with Gasteiger partial charge in [-0.15, -0.1) is 13.2 Å². The molecule has 0 saturated carbocycles. The summed E-state index contributed by atoms with van der Waals surface area (Å²) >= 11 is 0. The molecule has 1 aromatic rings. The second-order valence-corrected chi connectivity index (χ2v) is 8.15. The molecule has 1 N–H and O–H groups in total. The maximum atomic E-state index is 12.9. The lowest BCUT2D eigenvalue weighted by atomic mass is 9.98. The van der Waals surface area contributed by atoms with E-state index in [1.807, 2.05) is 0 Å². The SMILES string of the molecule is CC1(C)O[C@@H]2O[C@@H](C(=O)Nc3ccc(OC(F)(F)F)cc3)[C@H]3OC(C)(C)O[C@H]3[C@H]2O1. The Labute approximate surface area is 170 Å². The van der Waals surface area contributed by atoms with E-state index in [0.717, 1.165) is 12.1 Å². The molecule has 0 spiro atoms. The van der Waals surface area contributed by atoms with Gasteiger partial charge in [-0.1, -0.05) is 0 Å². The number of fused-ring (bicyclic) bond motifs is 3. The number of halogens is 3. The third kappa shape index (κ3) is 4.40. The summed E-state index contributed by atoms with van der Waals surface area (Å²) in [6, 6.07) is 4.77. The molecule has 8 nitrogen and oxygen atoms in total. The maximum absolute atomic E-state index is 12.9. The Balaban J connectivity index is 1.49. The highest BCUT2D eigenvalue weighted by atomic mass is 19.4. The van der Waals surface area contributed by atoms with Gasteiger partial charge in [-0.05, 0) is 52.0 Å². The highest BCUT2D eigenvalue weighted by Gasteiger charge is 2.62. The van der Waals surface area contributed by atoms with Crippen molar-refractivity contribution >= 4 is 11.6 Å². The van der Waals surface area contributed by atoms with Crippen molar-refractivity contribution < 1.29 is 46.4 Å². The second-order valence-electron chi connectivity index (χ2n) is 8.15. The average Bonchev–Trinajstić information content (AvgIpc) is 3.08. The molecule has 3 aliphatic rings. The summed E-state index contributed by atoms with van der Waals surface area (Å²) in [6.45, 7) is 6.89. The lowest BCUT2D eigenvalue weighted by Gasteiger charge is -2.36. The molecular weight excluding hydrogens is 411 g/mol. The van der Waals surface area contributed by atoms with Crippen LogP contribution in [0.25, 0.3) is 0 Å². The van der Waals surface area contributed by atoms with Crippen molar-refractivity contribution in [3.8, 4) is 5.75 Å². The molecule has 3 fully saturated rings. The Hall–Kier alpha value is -1.92. The summed E-state index contributed by atoms with van der Waals surface area (Å²) in [5.74, 6) is -2.83. The number of amides is 1. The van der Waals surface area contributed by atoms with Crippen LogP contribution in [0.2, 0.25) is 0 Å². The summed E-state index contributed by atoms with van der Waals surface area (Å²) < 4.78 is 70.0. The van der Waals surface area contributed by atoms with Gasteiger partial charge >= 0.3 is 6.36 Å². The van der Waals surface area contributed by atoms with E-state index >= 15 is 0 Å². The van der Waals surface area contributed by atoms with Gasteiger partial charge in [0, 0.05) is 5.69 Å². The number of ether oxygens (including phenoxy) is 6. The van der Waals surface area contributed by atoms with E-state index in [2.05, 4.69) is 10.1 Å². The van der Waals surface area contributed by atoms with Crippen LogP contribution in [0, 0.1) is 0 Å². The van der Waals surface area contributed by atoms with Crippen molar-refractivity contribution in [1.29, 1.82) is 0 Å². The summed E-state index contributed by atoms with van der Waals surface area (Å²) in [7, 11) is 0. The Morgan fingerprint density at radius 3 is 2.13 bits per heavy atom. The van der Waals surface area contributed by atoms with E-state index in [0.29, 0.717) is 0 Å². The minimum Gasteiger partial charge on any atom is -0.406 e. The van der Waals surface area contributed by atoms with E-state index in [9.17, 15) is 18.0 Å². The average molecular weight is 433 g/mol. The first kappa shape index (κ1) is 21.3. The Morgan fingerprint density at radius 1 is 0.933 bits per heavy atom. The van der Waals surface area contributed by atoms with Gasteiger partial charge in [-0.3, -0.25) is 4.79 Å². The first-order valence-corrected chi connectivity index (χ1v) is 9.35. The molecule has 0 aromatic heterocycles. The van der Waals surface area contributed by atoms with Crippen LogP contribution in [-0.4, -0.2) is 54.5 Å². The molecule has 5 atom stereocenters.